The molecule has 1 aliphatic heterocycles. The predicted octanol–water partition coefficient (Wildman–Crippen LogP) is 4.49. The number of hydrogen-bond donors (Lipinski definition) is 0. The van der Waals surface area contributed by atoms with Gasteiger partial charge < -0.3 is 9.80 Å². The number of anilines is 1. The molecule has 0 radical (unpaired) electrons. The zero-order valence-electron chi connectivity index (χ0n) is 21.6. The summed E-state index contributed by atoms with van der Waals surface area (Å²) < 4.78 is 1.92. The monoisotopic (exact) mass is 514 g/mol. The van der Waals surface area contributed by atoms with Crippen LogP contribution in [-0.4, -0.2) is 60.5 Å². The lowest BCUT2D eigenvalue weighted by molar-refractivity contribution is 0.0638. The molecular weight excluding hydrogens is 488 g/mol. The number of fused-ring (bicyclic) bond motifs is 1. The van der Waals surface area contributed by atoms with Crippen LogP contribution >= 0.6 is 0 Å². The number of rotatable bonds is 4. The van der Waals surface area contributed by atoms with Gasteiger partial charge in [-0.1, -0.05) is 36.4 Å². The third-order valence-corrected chi connectivity index (χ3v) is 7.17. The van der Waals surface area contributed by atoms with E-state index in [1.54, 1.807) is 36.9 Å². The summed E-state index contributed by atoms with van der Waals surface area (Å²) in [5.41, 5.74) is 3.67. The van der Waals surface area contributed by atoms with E-state index in [4.69, 9.17) is 4.98 Å². The topological polar surface area (TPSA) is 104 Å². The molecule has 192 valence electrons. The number of hydrogen-bond acceptors (Lipinski definition) is 7. The molecule has 0 bridgehead atoms. The van der Waals surface area contributed by atoms with Crippen LogP contribution in [0.15, 0.2) is 85.6 Å². The van der Waals surface area contributed by atoms with Crippen LogP contribution in [0, 0.1) is 11.3 Å². The summed E-state index contributed by atoms with van der Waals surface area (Å²) in [6, 6.07) is 21.1. The van der Waals surface area contributed by atoms with E-state index in [0.717, 1.165) is 22.3 Å². The highest BCUT2D eigenvalue weighted by Crippen LogP contribution is 2.38. The Morgan fingerprint density at radius 2 is 1.74 bits per heavy atom. The molecule has 0 aliphatic carbocycles. The standard InChI is InChI=1S/C30H26N8O/c1-20-17-37(30(39)25-10-6-7-12-32-25)21(2)16-36(20)28-27-24(23-8-4-3-5-9-23)18-38(29(27)35-19-34-28)26-14-22(15-31)11-13-33-26/h3-14,18-21H,16-17H2,1-2H3/t20-,21+/m0/s1. The van der Waals surface area contributed by atoms with Crippen molar-refractivity contribution in [1.82, 2.24) is 29.4 Å². The van der Waals surface area contributed by atoms with Gasteiger partial charge >= 0.3 is 0 Å². The maximum atomic E-state index is 13.2. The van der Waals surface area contributed by atoms with Crippen molar-refractivity contribution in [2.24, 2.45) is 0 Å². The highest BCUT2D eigenvalue weighted by Gasteiger charge is 2.35. The maximum absolute atomic E-state index is 13.2. The first-order valence-electron chi connectivity index (χ1n) is 12.8. The van der Waals surface area contributed by atoms with Gasteiger partial charge in [-0.25, -0.2) is 15.0 Å². The Labute approximate surface area is 226 Å². The van der Waals surface area contributed by atoms with Crippen molar-refractivity contribution in [3.8, 4) is 23.0 Å². The summed E-state index contributed by atoms with van der Waals surface area (Å²) in [5.74, 6) is 1.35. The lowest BCUT2D eigenvalue weighted by atomic mass is 10.0. The summed E-state index contributed by atoms with van der Waals surface area (Å²) in [6.07, 6.45) is 6.86. The van der Waals surface area contributed by atoms with Gasteiger partial charge in [0.2, 0.25) is 0 Å². The van der Waals surface area contributed by atoms with Crippen LogP contribution in [-0.2, 0) is 0 Å². The van der Waals surface area contributed by atoms with Gasteiger partial charge in [0, 0.05) is 49.3 Å². The Kier molecular flexibility index (Phi) is 6.21. The quantitative estimate of drug-likeness (QED) is 0.348. The Bertz CT molecular complexity index is 1690. The number of nitrogens with zero attached hydrogens (tertiary/aromatic N) is 8. The molecular formula is C30H26N8O. The lowest BCUT2D eigenvalue weighted by Crippen LogP contribution is -2.58. The molecule has 1 aliphatic rings. The smallest absolute Gasteiger partial charge is 0.272 e. The van der Waals surface area contributed by atoms with Crippen molar-refractivity contribution in [3.63, 3.8) is 0 Å². The average Bonchev–Trinajstić information content (AvgIpc) is 3.39. The molecule has 39 heavy (non-hydrogen) atoms. The predicted molar refractivity (Wildman–Crippen MR) is 148 cm³/mol. The molecule has 9 heteroatoms. The molecule has 6 rings (SSSR count). The van der Waals surface area contributed by atoms with Crippen LogP contribution in [0.25, 0.3) is 28.0 Å². The van der Waals surface area contributed by atoms with E-state index >= 15 is 0 Å². The first kappa shape index (κ1) is 24.2. The minimum Gasteiger partial charge on any atom is -0.349 e. The van der Waals surface area contributed by atoms with E-state index in [9.17, 15) is 10.1 Å². The van der Waals surface area contributed by atoms with E-state index in [-0.39, 0.29) is 18.0 Å². The SMILES string of the molecule is C[C@@H]1CN(c2ncnc3c2c(-c2ccccc2)cn3-c2cc(C#N)ccn2)[C@@H](C)CN1C(=O)c1ccccn1. The zero-order valence-corrected chi connectivity index (χ0v) is 21.6. The Hall–Kier alpha value is -5.10. The van der Waals surface area contributed by atoms with Crippen molar-refractivity contribution in [3.05, 3.63) is 96.8 Å². The second kappa shape index (κ2) is 9.99. The third kappa shape index (κ3) is 4.36. The van der Waals surface area contributed by atoms with E-state index in [1.165, 1.54) is 0 Å². The van der Waals surface area contributed by atoms with Gasteiger partial charge in [0.15, 0.2) is 5.65 Å². The molecule has 0 unspecified atom stereocenters. The fourth-order valence-corrected chi connectivity index (χ4v) is 5.24. The molecule has 1 saturated heterocycles. The van der Waals surface area contributed by atoms with Crippen molar-refractivity contribution >= 4 is 22.8 Å². The van der Waals surface area contributed by atoms with Crippen LogP contribution < -0.4 is 4.90 Å². The summed E-state index contributed by atoms with van der Waals surface area (Å²) in [7, 11) is 0. The van der Waals surface area contributed by atoms with E-state index < -0.39 is 0 Å². The largest absolute Gasteiger partial charge is 0.349 e. The molecule has 0 spiro atoms. The van der Waals surface area contributed by atoms with Gasteiger partial charge in [-0.15, -0.1) is 0 Å². The van der Waals surface area contributed by atoms with Crippen LogP contribution in [0.3, 0.4) is 0 Å². The van der Waals surface area contributed by atoms with Gasteiger partial charge in [0.25, 0.3) is 5.91 Å². The van der Waals surface area contributed by atoms with Gasteiger partial charge in [-0.2, -0.15) is 5.26 Å². The molecule has 2 atom stereocenters. The molecule has 9 nitrogen and oxygen atoms in total. The zero-order chi connectivity index (χ0) is 26.9. The van der Waals surface area contributed by atoms with E-state index in [2.05, 4.69) is 51.9 Å². The molecule has 1 aromatic carbocycles. The van der Waals surface area contributed by atoms with Crippen LogP contribution in [0.4, 0.5) is 5.82 Å². The highest BCUT2D eigenvalue weighted by molar-refractivity contribution is 6.02. The van der Waals surface area contributed by atoms with E-state index in [1.807, 2.05) is 46.0 Å². The summed E-state index contributed by atoms with van der Waals surface area (Å²) >= 11 is 0. The van der Waals surface area contributed by atoms with Crippen LogP contribution in [0.2, 0.25) is 0 Å². The Morgan fingerprint density at radius 3 is 2.51 bits per heavy atom. The van der Waals surface area contributed by atoms with Crippen molar-refractivity contribution < 1.29 is 4.79 Å². The third-order valence-electron chi connectivity index (χ3n) is 7.17. The molecule has 4 aromatic heterocycles. The normalized spacial score (nSPS) is 17.3. The summed E-state index contributed by atoms with van der Waals surface area (Å²) in [5, 5.41) is 10.4. The van der Waals surface area contributed by atoms with Gasteiger partial charge in [0.1, 0.15) is 23.7 Å². The average molecular weight is 515 g/mol. The summed E-state index contributed by atoms with van der Waals surface area (Å²) in [6.45, 7) is 5.30. The minimum atomic E-state index is -0.0676. The number of carbonyl (C=O) groups excluding carboxylic acids is 1. The van der Waals surface area contributed by atoms with Gasteiger partial charge in [-0.3, -0.25) is 14.3 Å². The number of pyridine rings is 2. The van der Waals surface area contributed by atoms with Gasteiger partial charge in [-0.05, 0) is 43.7 Å². The van der Waals surface area contributed by atoms with Crippen LogP contribution in [0.5, 0.6) is 0 Å². The number of benzene rings is 1. The summed E-state index contributed by atoms with van der Waals surface area (Å²) in [4.78, 5) is 35.6. The number of piperazine rings is 1. The van der Waals surface area contributed by atoms with Crippen LogP contribution in [0.1, 0.15) is 29.9 Å². The van der Waals surface area contributed by atoms with E-state index in [0.29, 0.717) is 35.8 Å². The molecule has 5 heterocycles. The minimum absolute atomic E-state index is 0.000947. The van der Waals surface area contributed by atoms with Crippen molar-refractivity contribution in [1.29, 1.82) is 5.26 Å². The lowest BCUT2D eigenvalue weighted by Gasteiger charge is -2.44. The second-order valence-electron chi connectivity index (χ2n) is 9.71. The molecule has 5 aromatic rings. The molecule has 0 N–H and O–H groups in total. The fourth-order valence-electron chi connectivity index (χ4n) is 5.24. The Morgan fingerprint density at radius 1 is 0.923 bits per heavy atom. The molecule has 1 fully saturated rings. The van der Waals surface area contributed by atoms with Gasteiger partial charge in [0.05, 0.1) is 17.0 Å². The number of nitriles is 1. The Balaban J connectivity index is 1.45. The fraction of sp³-hybridized carbons (Fsp3) is 0.200. The highest BCUT2D eigenvalue weighted by atomic mass is 16.2. The van der Waals surface area contributed by atoms with Crippen molar-refractivity contribution in [2.45, 2.75) is 25.9 Å². The number of amides is 1. The molecule has 0 saturated carbocycles. The first-order chi connectivity index (χ1) is 19.0. The second-order valence-corrected chi connectivity index (χ2v) is 9.71. The number of carbonyl (C=O) groups is 1. The maximum Gasteiger partial charge on any atom is 0.272 e. The van der Waals surface area contributed by atoms with Crippen molar-refractivity contribution in [2.75, 3.05) is 18.0 Å². The first-order valence-corrected chi connectivity index (χ1v) is 12.8. The molecule has 1 amide bonds. The number of aromatic nitrogens is 5.